The molecule has 1 fully saturated rings. The van der Waals surface area contributed by atoms with Gasteiger partial charge in [0.2, 0.25) is 15.3 Å². The number of rotatable bonds is 11. The summed E-state index contributed by atoms with van der Waals surface area (Å²) in [5.74, 6) is -0.864. The first-order chi connectivity index (χ1) is 19.3. The van der Waals surface area contributed by atoms with Crippen molar-refractivity contribution in [2.75, 3.05) is 33.4 Å². The second-order valence-electron chi connectivity index (χ2n) is 8.95. The van der Waals surface area contributed by atoms with Crippen molar-refractivity contribution in [1.82, 2.24) is 5.32 Å². The highest BCUT2D eigenvalue weighted by atomic mass is 79.9. The van der Waals surface area contributed by atoms with Gasteiger partial charge in [-0.1, -0.05) is 30.3 Å². The summed E-state index contributed by atoms with van der Waals surface area (Å²) in [5, 5.41) is 3.27. The molecule has 1 saturated heterocycles. The SMILES string of the molecule is CCOC(=O)COc1c(C(=O)OC)sc(-c2cccc(OC(C3CCNCC3)S(=O)(=O)c3ccccc3)c2)c1Br. The Hall–Kier alpha value is -2.93. The molecule has 1 aromatic heterocycles. The molecule has 1 aliphatic rings. The minimum absolute atomic E-state index is 0.158. The molecule has 1 aliphatic heterocycles. The zero-order chi connectivity index (χ0) is 28.7. The molecule has 0 aliphatic carbocycles. The van der Waals surface area contributed by atoms with E-state index < -0.39 is 27.2 Å². The lowest BCUT2D eigenvalue weighted by molar-refractivity contribution is -0.145. The van der Waals surface area contributed by atoms with E-state index in [1.165, 1.54) is 7.11 Å². The minimum atomic E-state index is -3.80. The van der Waals surface area contributed by atoms with E-state index in [1.54, 1.807) is 55.5 Å². The molecule has 3 aromatic rings. The van der Waals surface area contributed by atoms with Crippen LogP contribution in [-0.2, 0) is 24.1 Å². The number of nitrogens with one attached hydrogen (secondary N) is 1. The highest BCUT2D eigenvalue weighted by Gasteiger charge is 2.37. The van der Waals surface area contributed by atoms with Gasteiger partial charge in [-0.05, 0) is 78.6 Å². The van der Waals surface area contributed by atoms with Crippen molar-refractivity contribution in [2.24, 2.45) is 5.92 Å². The Labute approximate surface area is 245 Å². The quantitative estimate of drug-likeness (QED) is 0.283. The second kappa shape index (κ2) is 13.6. The predicted octanol–water partition coefficient (Wildman–Crippen LogP) is 5.08. The van der Waals surface area contributed by atoms with Crippen LogP contribution < -0.4 is 14.8 Å². The summed E-state index contributed by atoms with van der Waals surface area (Å²) in [6.45, 7) is 2.92. The molecule has 12 heteroatoms. The number of esters is 2. The molecule has 40 heavy (non-hydrogen) atoms. The van der Waals surface area contributed by atoms with Crippen molar-refractivity contribution < 1.29 is 37.0 Å². The van der Waals surface area contributed by atoms with Crippen molar-refractivity contribution in [2.45, 2.75) is 30.1 Å². The third kappa shape index (κ3) is 6.85. The average molecular weight is 653 g/mol. The van der Waals surface area contributed by atoms with Crippen LogP contribution in [-0.4, -0.2) is 59.2 Å². The van der Waals surface area contributed by atoms with Gasteiger partial charge in [0.15, 0.2) is 17.2 Å². The van der Waals surface area contributed by atoms with Crippen LogP contribution in [0.4, 0.5) is 0 Å². The highest BCUT2D eigenvalue weighted by molar-refractivity contribution is 9.10. The number of ether oxygens (including phenoxy) is 4. The Morgan fingerprint density at radius 2 is 1.82 bits per heavy atom. The number of hydrogen-bond donors (Lipinski definition) is 1. The number of carbonyl (C=O) groups is 2. The van der Waals surface area contributed by atoms with Gasteiger partial charge < -0.3 is 24.3 Å². The topological polar surface area (TPSA) is 117 Å². The Bertz CT molecular complexity index is 1440. The minimum Gasteiger partial charge on any atom is -0.479 e. The monoisotopic (exact) mass is 651 g/mol. The molecule has 214 valence electrons. The number of piperidine rings is 1. The fourth-order valence-corrected chi connectivity index (χ4v) is 8.18. The summed E-state index contributed by atoms with van der Waals surface area (Å²) in [6.07, 6.45) is 1.33. The number of methoxy groups -OCH3 is 1. The summed E-state index contributed by atoms with van der Waals surface area (Å²) in [4.78, 5) is 25.4. The van der Waals surface area contributed by atoms with E-state index in [0.29, 0.717) is 46.6 Å². The zero-order valence-corrected chi connectivity index (χ0v) is 25.3. The molecule has 1 unspecified atom stereocenters. The van der Waals surface area contributed by atoms with Gasteiger partial charge >= 0.3 is 11.9 Å². The largest absolute Gasteiger partial charge is 0.479 e. The van der Waals surface area contributed by atoms with Crippen molar-refractivity contribution in [1.29, 1.82) is 0 Å². The van der Waals surface area contributed by atoms with Crippen molar-refractivity contribution >= 4 is 49.0 Å². The van der Waals surface area contributed by atoms with Gasteiger partial charge in [-0.3, -0.25) is 0 Å². The normalized spacial score (nSPS) is 14.8. The van der Waals surface area contributed by atoms with E-state index >= 15 is 0 Å². The summed E-state index contributed by atoms with van der Waals surface area (Å²) < 4.78 is 49.6. The van der Waals surface area contributed by atoms with Crippen molar-refractivity contribution in [3.8, 4) is 21.9 Å². The zero-order valence-electron chi connectivity index (χ0n) is 22.1. The van der Waals surface area contributed by atoms with Crippen LogP contribution in [0, 0.1) is 5.92 Å². The maximum atomic E-state index is 13.7. The van der Waals surface area contributed by atoms with E-state index in [4.69, 9.17) is 18.9 Å². The van der Waals surface area contributed by atoms with Crippen LogP contribution in [0.5, 0.6) is 11.5 Å². The van der Waals surface area contributed by atoms with Gasteiger partial charge in [0, 0.05) is 5.92 Å². The van der Waals surface area contributed by atoms with Crippen molar-refractivity contribution in [3.05, 3.63) is 63.9 Å². The van der Waals surface area contributed by atoms with Gasteiger partial charge in [-0.25, -0.2) is 18.0 Å². The molecule has 2 heterocycles. The number of halogens is 1. The van der Waals surface area contributed by atoms with Gasteiger partial charge in [0.05, 0.1) is 28.0 Å². The van der Waals surface area contributed by atoms with E-state index in [0.717, 1.165) is 11.3 Å². The third-order valence-corrected chi connectivity index (χ3v) is 10.6. The Morgan fingerprint density at radius 1 is 1.10 bits per heavy atom. The van der Waals surface area contributed by atoms with Crippen LogP contribution in [0.1, 0.15) is 29.4 Å². The lowest BCUT2D eigenvalue weighted by Gasteiger charge is -2.31. The highest BCUT2D eigenvalue weighted by Crippen LogP contribution is 2.46. The van der Waals surface area contributed by atoms with Crippen LogP contribution in [0.3, 0.4) is 0 Å². The van der Waals surface area contributed by atoms with Gasteiger partial charge in [0.1, 0.15) is 5.75 Å². The maximum absolute atomic E-state index is 13.7. The maximum Gasteiger partial charge on any atom is 0.351 e. The Morgan fingerprint density at radius 3 is 2.50 bits per heavy atom. The van der Waals surface area contributed by atoms with Gasteiger partial charge in [0.25, 0.3) is 0 Å². The number of hydrogen-bond acceptors (Lipinski definition) is 10. The summed E-state index contributed by atoms with van der Waals surface area (Å²) in [5.41, 5.74) is -0.417. The lowest BCUT2D eigenvalue weighted by Crippen LogP contribution is -2.41. The number of thiophene rings is 1. The van der Waals surface area contributed by atoms with E-state index in [1.807, 2.05) is 6.07 Å². The van der Waals surface area contributed by atoms with Crippen LogP contribution in [0.15, 0.2) is 64.0 Å². The number of carbonyl (C=O) groups excluding carboxylic acids is 2. The molecule has 9 nitrogen and oxygen atoms in total. The van der Waals surface area contributed by atoms with Crippen molar-refractivity contribution in [3.63, 3.8) is 0 Å². The number of benzene rings is 2. The van der Waals surface area contributed by atoms with E-state index in [9.17, 15) is 18.0 Å². The van der Waals surface area contributed by atoms with Crippen LogP contribution in [0.2, 0.25) is 0 Å². The van der Waals surface area contributed by atoms with E-state index in [2.05, 4.69) is 21.2 Å². The molecule has 0 radical (unpaired) electrons. The molecule has 4 rings (SSSR count). The molecule has 0 bridgehead atoms. The smallest absolute Gasteiger partial charge is 0.351 e. The standard InChI is InChI=1S/C28H30BrNO8S2/c1-3-36-22(31)17-37-24-23(29)25(39-26(24)27(32)35-2)19-8-7-9-20(16-19)38-28(18-12-14-30-15-13-18)40(33,34)21-10-5-4-6-11-21/h4-11,16,18,28,30H,3,12-15,17H2,1-2H3. The summed E-state index contributed by atoms with van der Waals surface area (Å²) in [6, 6.07) is 15.3. The average Bonchev–Trinajstić information content (AvgIpc) is 3.31. The molecule has 0 saturated carbocycles. The first-order valence-electron chi connectivity index (χ1n) is 12.7. The molecular weight excluding hydrogens is 622 g/mol. The molecule has 0 amide bonds. The fourth-order valence-electron chi connectivity index (χ4n) is 4.39. The van der Waals surface area contributed by atoms with E-state index in [-0.39, 0.29) is 34.7 Å². The molecule has 2 aromatic carbocycles. The molecule has 1 N–H and O–H groups in total. The second-order valence-corrected chi connectivity index (χ2v) is 12.8. The first-order valence-corrected chi connectivity index (χ1v) is 15.9. The predicted molar refractivity (Wildman–Crippen MR) is 155 cm³/mol. The Balaban J connectivity index is 1.68. The number of sulfone groups is 1. The molecule has 1 atom stereocenters. The fraction of sp³-hybridized carbons (Fsp3) is 0.357. The van der Waals surface area contributed by atoms with Gasteiger partial charge in [-0.2, -0.15) is 0 Å². The summed E-state index contributed by atoms with van der Waals surface area (Å²) >= 11 is 4.62. The van der Waals surface area contributed by atoms with Crippen LogP contribution in [0.25, 0.3) is 10.4 Å². The Kier molecular flexibility index (Phi) is 10.2. The van der Waals surface area contributed by atoms with Crippen LogP contribution >= 0.6 is 27.3 Å². The van der Waals surface area contributed by atoms with Gasteiger partial charge in [-0.15, -0.1) is 11.3 Å². The molecule has 0 spiro atoms. The third-order valence-electron chi connectivity index (χ3n) is 6.31. The first kappa shape index (κ1) is 30.0. The molecular formula is C28H30BrNO8S2. The summed E-state index contributed by atoms with van der Waals surface area (Å²) in [7, 11) is -2.55. The lowest BCUT2D eigenvalue weighted by atomic mass is 9.99.